The van der Waals surface area contributed by atoms with Gasteiger partial charge in [0.1, 0.15) is 17.4 Å². The van der Waals surface area contributed by atoms with E-state index in [0.29, 0.717) is 23.5 Å². The first kappa shape index (κ1) is 19.0. The monoisotopic (exact) mass is 400 g/mol. The van der Waals surface area contributed by atoms with Crippen molar-refractivity contribution >= 4 is 22.4 Å². The van der Waals surface area contributed by atoms with Gasteiger partial charge in [0.15, 0.2) is 0 Å². The summed E-state index contributed by atoms with van der Waals surface area (Å²) in [5.41, 5.74) is 1.66. The number of aromatic nitrogens is 2. The summed E-state index contributed by atoms with van der Waals surface area (Å²) in [6, 6.07) is 12.6. The van der Waals surface area contributed by atoms with Crippen LogP contribution in [-0.2, 0) is 19.3 Å². The van der Waals surface area contributed by atoms with Crippen LogP contribution >= 0.6 is 0 Å². The van der Waals surface area contributed by atoms with Gasteiger partial charge in [-0.25, -0.2) is 4.98 Å². The van der Waals surface area contributed by atoms with Crippen molar-refractivity contribution in [2.24, 2.45) is 0 Å². The lowest BCUT2D eigenvalue weighted by Crippen LogP contribution is -2.26. The van der Waals surface area contributed by atoms with Gasteiger partial charge in [-0.2, -0.15) is 13.2 Å². The minimum Gasteiger partial charge on any atom is -0.510 e. The van der Waals surface area contributed by atoms with Crippen molar-refractivity contribution in [1.82, 2.24) is 14.5 Å². The number of benzene rings is 2. The number of rotatable bonds is 4. The Labute approximate surface area is 165 Å². The Balaban J connectivity index is 1.65. The number of nitrogens with zero attached hydrogens (tertiary/aromatic N) is 3. The molecule has 8 heteroatoms. The van der Waals surface area contributed by atoms with E-state index in [1.165, 1.54) is 6.07 Å². The first-order valence-electron chi connectivity index (χ1n) is 9.17. The van der Waals surface area contributed by atoms with Crippen LogP contribution in [-0.4, -0.2) is 31.9 Å². The number of hydrogen-bond donors (Lipinski definition) is 2. The molecule has 0 saturated heterocycles. The molecule has 5 nitrogen and oxygen atoms in total. The van der Waals surface area contributed by atoms with Crippen molar-refractivity contribution in [2.75, 3.05) is 6.54 Å². The smallest absolute Gasteiger partial charge is 0.416 e. The van der Waals surface area contributed by atoms with Crippen LogP contribution in [0.1, 0.15) is 23.9 Å². The second-order valence-electron chi connectivity index (χ2n) is 6.89. The van der Waals surface area contributed by atoms with E-state index in [1.54, 1.807) is 11.0 Å². The average molecular weight is 400 g/mol. The minimum atomic E-state index is -4.42. The Kier molecular flexibility index (Phi) is 4.56. The van der Waals surface area contributed by atoms with E-state index >= 15 is 0 Å². The Morgan fingerprint density at radius 3 is 2.62 bits per heavy atom. The van der Waals surface area contributed by atoms with Crippen LogP contribution in [0.25, 0.3) is 16.6 Å². The first-order chi connectivity index (χ1) is 13.8. The molecule has 0 fully saturated rings. The summed E-state index contributed by atoms with van der Waals surface area (Å²) < 4.78 is 40.8. The molecular weight excluding hydrogens is 381 g/mol. The highest BCUT2D eigenvalue weighted by atomic mass is 19.4. The summed E-state index contributed by atoms with van der Waals surface area (Å²) in [6.45, 7) is 2.70. The second-order valence-corrected chi connectivity index (χ2v) is 6.89. The number of hydrogen-bond acceptors (Lipinski definition) is 3. The summed E-state index contributed by atoms with van der Waals surface area (Å²) in [5, 5.41) is 19.1. The fourth-order valence-electron chi connectivity index (χ4n) is 3.66. The fraction of sp³-hybridized carbons (Fsp3) is 0.238. The summed E-state index contributed by atoms with van der Waals surface area (Å²) in [4.78, 5) is 6.12. The van der Waals surface area contributed by atoms with E-state index < -0.39 is 11.7 Å². The maximum atomic E-state index is 13.0. The van der Waals surface area contributed by atoms with Crippen LogP contribution in [0.4, 0.5) is 13.2 Å². The highest BCUT2D eigenvalue weighted by molar-refractivity contribution is 6.23. The number of fused-ring (bicyclic) bond motifs is 1. The van der Waals surface area contributed by atoms with Crippen molar-refractivity contribution in [3.05, 3.63) is 71.2 Å². The van der Waals surface area contributed by atoms with Crippen molar-refractivity contribution in [3.63, 3.8) is 0 Å². The third-order valence-corrected chi connectivity index (χ3v) is 5.00. The third-order valence-electron chi connectivity index (χ3n) is 5.00. The van der Waals surface area contributed by atoms with E-state index in [-0.39, 0.29) is 24.7 Å². The molecule has 0 atom stereocenters. The number of para-hydroxylation sites is 2. The maximum Gasteiger partial charge on any atom is 0.416 e. The molecule has 0 unspecified atom stereocenters. The highest BCUT2D eigenvalue weighted by Crippen LogP contribution is 2.32. The molecule has 0 bridgehead atoms. The lowest BCUT2D eigenvalue weighted by Gasteiger charge is -2.19. The van der Waals surface area contributed by atoms with Gasteiger partial charge in [-0.15, -0.1) is 0 Å². The van der Waals surface area contributed by atoms with E-state index in [4.69, 9.17) is 5.41 Å². The lowest BCUT2D eigenvalue weighted by molar-refractivity contribution is -0.137. The van der Waals surface area contributed by atoms with Gasteiger partial charge in [0.25, 0.3) is 0 Å². The van der Waals surface area contributed by atoms with Crippen molar-refractivity contribution in [3.8, 4) is 0 Å². The molecule has 1 aliphatic rings. The van der Waals surface area contributed by atoms with Gasteiger partial charge in [-0.1, -0.05) is 24.3 Å². The van der Waals surface area contributed by atoms with E-state index in [0.717, 1.165) is 23.2 Å². The largest absolute Gasteiger partial charge is 0.510 e. The highest BCUT2D eigenvalue weighted by Gasteiger charge is 2.33. The molecule has 29 heavy (non-hydrogen) atoms. The number of nitrogens with one attached hydrogen (secondary N) is 1. The maximum absolute atomic E-state index is 13.0. The molecule has 0 aliphatic carbocycles. The number of amidine groups is 1. The number of halogens is 3. The Hall–Kier alpha value is -3.29. The number of aliphatic hydroxyl groups is 1. The number of aliphatic hydroxyl groups excluding tert-OH is 1. The molecule has 0 spiro atoms. The van der Waals surface area contributed by atoms with Crippen molar-refractivity contribution in [1.29, 1.82) is 5.41 Å². The molecule has 2 aromatic carbocycles. The van der Waals surface area contributed by atoms with Crippen molar-refractivity contribution in [2.45, 2.75) is 26.2 Å². The van der Waals surface area contributed by atoms with Crippen LogP contribution < -0.4 is 0 Å². The number of aryl methyl sites for hydroxylation is 1. The Morgan fingerprint density at radius 2 is 1.90 bits per heavy atom. The predicted octanol–water partition coefficient (Wildman–Crippen LogP) is 4.84. The summed E-state index contributed by atoms with van der Waals surface area (Å²) in [7, 11) is 0. The van der Waals surface area contributed by atoms with Gasteiger partial charge in [0, 0.05) is 13.1 Å². The van der Waals surface area contributed by atoms with Gasteiger partial charge in [-0.3, -0.25) is 5.41 Å². The number of alkyl halides is 3. The van der Waals surface area contributed by atoms with Gasteiger partial charge >= 0.3 is 6.18 Å². The van der Waals surface area contributed by atoms with Crippen LogP contribution in [0.3, 0.4) is 0 Å². The van der Waals surface area contributed by atoms with Crippen molar-refractivity contribution < 1.29 is 18.3 Å². The van der Waals surface area contributed by atoms with E-state index in [1.807, 2.05) is 35.8 Å². The molecule has 150 valence electrons. The summed E-state index contributed by atoms with van der Waals surface area (Å²) in [6.07, 6.45) is -4.42. The zero-order chi connectivity index (χ0) is 20.8. The average Bonchev–Trinajstić information content (AvgIpc) is 3.17. The zero-order valence-electron chi connectivity index (χ0n) is 15.7. The molecule has 2 N–H and O–H groups in total. The molecule has 3 aromatic rings. The predicted molar refractivity (Wildman–Crippen MR) is 105 cm³/mol. The second kappa shape index (κ2) is 6.95. The SMILES string of the molecule is CCn1c(C2=C(O)CN(Cc3cccc(C(F)(F)F)c3)C2=N)nc2ccccc21. The minimum absolute atomic E-state index is 0.00742. The quantitative estimate of drug-likeness (QED) is 0.659. The third kappa shape index (κ3) is 3.35. The van der Waals surface area contributed by atoms with Crippen LogP contribution in [0.5, 0.6) is 0 Å². The molecule has 4 rings (SSSR count). The number of imidazole rings is 1. The zero-order valence-corrected chi connectivity index (χ0v) is 15.7. The van der Waals surface area contributed by atoms with Gasteiger partial charge < -0.3 is 14.6 Å². The summed E-state index contributed by atoms with van der Waals surface area (Å²) >= 11 is 0. The molecule has 0 amide bonds. The van der Waals surface area contributed by atoms with Crippen LogP contribution in [0.2, 0.25) is 0 Å². The van der Waals surface area contributed by atoms with Gasteiger partial charge in [0.2, 0.25) is 0 Å². The van der Waals surface area contributed by atoms with E-state index in [9.17, 15) is 18.3 Å². The van der Waals surface area contributed by atoms with Gasteiger partial charge in [0.05, 0.1) is 28.7 Å². The normalized spacial score (nSPS) is 15.0. The summed E-state index contributed by atoms with van der Waals surface area (Å²) in [5.74, 6) is 0.527. The van der Waals surface area contributed by atoms with Crippen LogP contribution in [0, 0.1) is 5.41 Å². The molecule has 2 heterocycles. The molecule has 1 aliphatic heterocycles. The standard InChI is InChI=1S/C21H19F3N4O/c1-2-28-16-9-4-3-8-15(16)26-20(28)18-17(29)12-27(19(18)25)11-13-6-5-7-14(10-13)21(22,23)24/h3-10,25,29H,2,11-12H2,1H3. The molecule has 0 radical (unpaired) electrons. The molecule has 1 aromatic heterocycles. The lowest BCUT2D eigenvalue weighted by atomic mass is 10.1. The van der Waals surface area contributed by atoms with Gasteiger partial charge in [-0.05, 0) is 36.8 Å². The van der Waals surface area contributed by atoms with Crippen LogP contribution in [0.15, 0.2) is 54.3 Å². The molecular formula is C21H19F3N4O. The van der Waals surface area contributed by atoms with E-state index in [2.05, 4.69) is 4.98 Å². The Bertz CT molecular complexity index is 1130. The Morgan fingerprint density at radius 1 is 1.14 bits per heavy atom. The molecule has 0 saturated carbocycles. The topological polar surface area (TPSA) is 65.1 Å². The first-order valence-corrected chi connectivity index (χ1v) is 9.17. The fourth-order valence-corrected chi connectivity index (χ4v) is 3.66.